The van der Waals surface area contributed by atoms with Gasteiger partial charge >= 0.3 is 0 Å². The van der Waals surface area contributed by atoms with Crippen molar-refractivity contribution in [3.63, 3.8) is 0 Å². The van der Waals surface area contributed by atoms with E-state index < -0.39 is 5.54 Å². The average Bonchev–Trinajstić information content (AvgIpc) is 3.31. The van der Waals surface area contributed by atoms with E-state index in [1.54, 1.807) is 31.2 Å². The fourth-order valence-electron chi connectivity index (χ4n) is 2.85. The van der Waals surface area contributed by atoms with Crippen LogP contribution in [0.1, 0.15) is 31.7 Å². The highest BCUT2D eigenvalue weighted by Gasteiger charge is 2.47. The van der Waals surface area contributed by atoms with Crippen molar-refractivity contribution < 1.29 is 14.7 Å². The van der Waals surface area contributed by atoms with E-state index in [2.05, 4.69) is 10.6 Å². The molecule has 1 unspecified atom stereocenters. The monoisotopic (exact) mass is 330 g/mol. The number of hydrogen-bond acceptors (Lipinski definition) is 4. The van der Waals surface area contributed by atoms with Crippen LogP contribution in [0.4, 0.5) is 0 Å². The molecule has 1 aliphatic heterocycles. The lowest BCUT2D eigenvalue weighted by molar-refractivity contribution is -0.134. The van der Waals surface area contributed by atoms with E-state index in [1.807, 2.05) is 0 Å². The summed E-state index contributed by atoms with van der Waals surface area (Å²) >= 11 is 0. The molecule has 2 aliphatic rings. The molecule has 128 valence electrons. The average molecular weight is 330 g/mol. The van der Waals surface area contributed by atoms with Gasteiger partial charge in [-0.15, -0.1) is 0 Å². The van der Waals surface area contributed by atoms with E-state index in [0.29, 0.717) is 12.5 Å². The molecule has 7 heteroatoms. The first-order valence-electron chi connectivity index (χ1n) is 8.11. The van der Waals surface area contributed by atoms with Crippen molar-refractivity contribution in [2.24, 2.45) is 5.92 Å². The highest BCUT2D eigenvalue weighted by atomic mass is 16.3. The fraction of sp³-hybridized carbons (Fsp3) is 0.471. The molecule has 1 aliphatic carbocycles. The largest absolute Gasteiger partial charge is 0.508 e. The van der Waals surface area contributed by atoms with Crippen LogP contribution in [0.15, 0.2) is 24.3 Å². The van der Waals surface area contributed by atoms with E-state index in [9.17, 15) is 14.7 Å². The summed E-state index contributed by atoms with van der Waals surface area (Å²) in [5.41, 5.74) is -0.390. The first-order chi connectivity index (χ1) is 11.4. The molecule has 7 nitrogen and oxygen atoms in total. The molecule has 1 heterocycles. The van der Waals surface area contributed by atoms with Gasteiger partial charge in [-0.2, -0.15) is 0 Å². The minimum Gasteiger partial charge on any atom is -0.508 e. The summed E-state index contributed by atoms with van der Waals surface area (Å²) in [4.78, 5) is 26.1. The second-order valence-corrected chi connectivity index (χ2v) is 6.79. The van der Waals surface area contributed by atoms with Crippen molar-refractivity contribution >= 4 is 17.8 Å². The van der Waals surface area contributed by atoms with Gasteiger partial charge in [-0.3, -0.25) is 19.9 Å². The van der Waals surface area contributed by atoms with Gasteiger partial charge < -0.3 is 15.7 Å². The summed E-state index contributed by atoms with van der Waals surface area (Å²) in [6.45, 7) is 2.48. The van der Waals surface area contributed by atoms with E-state index >= 15 is 0 Å². The second kappa shape index (κ2) is 6.14. The molecule has 0 aromatic heterocycles. The van der Waals surface area contributed by atoms with E-state index in [-0.39, 0.29) is 36.5 Å². The zero-order chi connectivity index (χ0) is 17.3. The van der Waals surface area contributed by atoms with Crippen LogP contribution in [0.3, 0.4) is 0 Å². The fourth-order valence-corrected chi connectivity index (χ4v) is 2.85. The number of nitrogens with one attached hydrogen (secondary N) is 3. The molecule has 0 bridgehead atoms. The Morgan fingerprint density at radius 2 is 2.25 bits per heavy atom. The molecule has 2 amide bonds. The summed E-state index contributed by atoms with van der Waals surface area (Å²) in [6.07, 6.45) is 2.30. The number of phenolic OH excluding ortho intramolecular Hbond substituents is 1. The predicted octanol–water partition coefficient (Wildman–Crippen LogP) is 0.934. The molecule has 1 saturated carbocycles. The van der Waals surface area contributed by atoms with Crippen LogP contribution in [0.2, 0.25) is 0 Å². The Kier molecular flexibility index (Phi) is 4.17. The van der Waals surface area contributed by atoms with Gasteiger partial charge in [0.2, 0.25) is 5.91 Å². The number of amides is 2. The maximum Gasteiger partial charge on any atom is 0.255 e. The second-order valence-electron chi connectivity index (χ2n) is 6.79. The van der Waals surface area contributed by atoms with Gasteiger partial charge in [0.15, 0.2) is 5.96 Å². The number of rotatable bonds is 6. The van der Waals surface area contributed by atoms with Gasteiger partial charge in [0.1, 0.15) is 11.3 Å². The zero-order valence-electron chi connectivity index (χ0n) is 13.6. The molecule has 3 rings (SSSR count). The SMILES string of the molecule is CC1(CC(=O)NCC2CC2)NC(=N)N(Cc2cccc(O)c2)C1=O. The molecular formula is C17H22N4O3. The summed E-state index contributed by atoms with van der Waals surface area (Å²) in [5.74, 6) is 0.172. The first kappa shape index (κ1) is 16.3. The highest BCUT2D eigenvalue weighted by Crippen LogP contribution is 2.28. The normalized spacial score (nSPS) is 23.3. The molecule has 24 heavy (non-hydrogen) atoms. The third kappa shape index (κ3) is 3.50. The van der Waals surface area contributed by atoms with Crippen LogP contribution in [-0.4, -0.2) is 39.9 Å². The third-order valence-electron chi connectivity index (χ3n) is 4.43. The number of nitrogens with zero attached hydrogens (tertiary/aromatic N) is 1. The summed E-state index contributed by atoms with van der Waals surface area (Å²) in [7, 11) is 0. The zero-order valence-corrected chi connectivity index (χ0v) is 13.6. The van der Waals surface area contributed by atoms with Crippen molar-refractivity contribution in [3.05, 3.63) is 29.8 Å². The van der Waals surface area contributed by atoms with Gasteiger partial charge in [0.25, 0.3) is 5.91 Å². The molecule has 2 fully saturated rings. The Morgan fingerprint density at radius 3 is 2.92 bits per heavy atom. The molecular weight excluding hydrogens is 308 g/mol. The quantitative estimate of drug-likeness (QED) is 0.623. The molecule has 0 radical (unpaired) electrons. The molecule has 0 spiro atoms. The topological polar surface area (TPSA) is 106 Å². The number of carbonyl (C=O) groups is 2. The van der Waals surface area contributed by atoms with E-state index in [4.69, 9.17) is 5.41 Å². The number of aromatic hydroxyl groups is 1. The third-order valence-corrected chi connectivity index (χ3v) is 4.43. The molecule has 1 atom stereocenters. The summed E-state index contributed by atoms with van der Waals surface area (Å²) < 4.78 is 0. The van der Waals surface area contributed by atoms with Crippen LogP contribution < -0.4 is 10.6 Å². The van der Waals surface area contributed by atoms with Crippen LogP contribution >= 0.6 is 0 Å². The van der Waals surface area contributed by atoms with Crippen LogP contribution in [-0.2, 0) is 16.1 Å². The summed E-state index contributed by atoms with van der Waals surface area (Å²) in [6, 6.07) is 6.57. The standard InChI is InChI=1S/C17H22N4O3/c1-17(8-14(23)19-9-11-5-6-11)15(24)21(16(18)20-17)10-12-3-2-4-13(22)7-12/h2-4,7,11,22H,5-6,8-10H2,1H3,(H2,18,20)(H,19,23). The molecule has 4 N–H and O–H groups in total. The maximum absolute atomic E-state index is 12.7. The van der Waals surface area contributed by atoms with Crippen molar-refractivity contribution in [3.8, 4) is 5.75 Å². The van der Waals surface area contributed by atoms with E-state index in [0.717, 1.165) is 18.4 Å². The Balaban J connectivity index is 1.64. The number of carbonyl (C=O) groups excluding carboxylic acids is 2. The smallest absolute Gasteiger partial charge is 0.255 e. The number of guanidine groups is 1. The molecule has 1 saturated heterocycles. The number of phenols is 1. The van der Waals surface area contributed by atoms with Crippen LogP contribution in [0.5, 0.6) is 5.75 Å². The Morgan fingerprint density at radius 1 is 1.50 bits per heavy atom. The van der Waals surface area contributed by atoms with Crippen molar-refractivity contribution in [1.82, 2.24) is 15.5 Å². The van der Waals surface area contributed by atoms with Crippen molar-refractivity contribution in [1.29, 1.82) is 5.41 Å². The Bertz CT molecular complexity index is 686. The number of hydrogen-bond donors (Lipinski definition) is 4. The van der Waals surface area contributed by atoms with Gasteiger partial charge in [-0.1, -0.05) is 12.1 Å². The Hall–Kier alpha value is -2.57. The predicted molar refractivity (Wildman–Crippen MR) is 88.3 cm³/mol. The van der Waals surface area contributed by atoms with Crippen molar-refractivity contribution in [2.45, 2.75) is 38.3 Å². The van der Waals surface area contributed by atoms with Gasteiger partial charge in [-0.25, -0.2) is 0 Å². The summed E-state index contributed by atoms with van der Waals surface area (Å²) in [5, 5.41) is 23.2. The lowest BCUT2D eigenvalue weighted by Crippen LogP contribution is -2.48. The lowest BCUT2D eigenvalue weighted by atomic mass is 9.97. The lowest BCUT2D eigenvalue weighted by Gasteiger charge is -2.21. The van der Waals surface area contributed by atoms with Gasteiger partial charge in [-0.05, 0) is 43.4 Å². The minimum absolute atomic E-state index is 0.00251. The Labute approximate surface area is 140 Å². The van der Waals surface area contributed by atoms with Gasteiger partial charge in [0, 0.05) is 6.54 Å². The molecule has 1 aromatic carbocycles. The van der Waals surface area contributed by atoms with Crippen LogP contribution in [0.25, 0.3) is 0 Å². The van der Waals surface area contributed by atoms with Gasteiger partial charge in [0.05, 0.1) is 13.0 Å². The highest BCUT2D eigenvalue weighted by molar-refractivity contribution is 6.09. The van der Waals surface area contributed by atoms with Crippen molar-refractivity contribution in [2.75, 3.05) is 6.54 Å². The first-order valence-corrected chi connectivity index (χ1v) is 8.11. The minimum atomic E-state index is -1.11. The maximum atomic E-state index is 12.7. The van der Waals surface area contributed by atoms with Crippen LogP contribution in [0, 0.1) is 11.3 Å². The molecule has 1 aromatic rings. The van der Waals surface area contributed by atoms with E-state index in [1.165, 1.54) is 4.90 Å². The number of benzene rings is 1.